The smallest absolute Gasteiger partial charge is 0.343 e. The molecule has 1 aromatic rings. The number of amides is 2. The first-order valence-corrected chi connectivity index (χ1v) is 10.0. The van der Waals surface area contributed by atoms with Crippen LogP contribution in [0.2, 0.25) is 0 Å². The second kappa shape index (κ2) is 10.2. The molecule has 29 heavy (non-hydrogen) atoms. The molecule has 156 valence electrons. The van der Waals surface area contributed by atoms with Crippen LogP contribution in [0.15, 0.2) is 29.7 Å². The Morgan fingerprint density at radius 2 is 2.00 bits per heavy atom. The van der Waals surface area contributed by atoms with Crippen LogP contribution in [0.1, 0.15) is 31.9 Å². The number of imide groups is 1. The second-order valence-corrected chi connectivity index (χ2v) is 7.44. The fourth-order valence-corrected chi connectivity index (χ4v) is 3.73. The third-order valence-corrected chi connectivity index (χ3v) is 4.90. The highest BCUT2D eigenvalue weighted by molar-refractivity contribution is 8.18. The summed E-state index contributed by atoms with van der Waals surface area (Å²) in [6, 6.07) is 3.32. The summed E-state index contributed by atoms with van der Waals surface area (Å²) in [5.74, 6) is 0.0300. The number of hydrogen-bond donors (Lipinski definition) is 0. The average Bonchev–Trinajstić information content (AvgIpc) is 2.94. The van der Waals surface area contributed by atoms with Gasteiger partial charge in [-0.2, -0.15) is 0 Å². The predicted octanol–water partition coefficient (Wildman–Crippen LogP) is 3.81. The molecule has 0 unspecified atom stereocenters. The highest BCUT2D eigenvalue weighted by Crippen LogP contribution is 2.37. The first-order valence-electron chi connectivity index (χ1n) is 9.19. The number of rotatable bonds is 9. The van der Waals surface area contributed by atoms with Crippen molar-refractivity contribution in [2.75, 3.05) is 20.3 Å². The van der Waals surface area contributed by atoms with Crippen LogP contribution in [0, 0.1) is 0 Å². The van der Waals surface area contributed by atoms with E-state index in [4.69, 9.17) is 9.47 Å². The molecular formula is C21H25NO6S. The minimum absolute atomic E-state index is 0.210. The van der Waals surface area contributed by atoms with Gasteiger partial charge in [0.15, 0.2) is 18.1 Å². The number of nitrogens with zero attached hydrogens (tertiary/aromatic N) is 1. The molecule has 2 rings (SSSR count). The molecule has 1 aliphatic heterocycles. The molecule has 0 N–H and O–H groups in total. The molecule has 7 nitrogen and oxygen atoms in total. The summed E-state index contributed by atoms with van der Waals surface area (Å²) in [6.45, 7) is 9.30. The lowest BCUT2D eigenvalue weighted by molar-refractivity contribution is -0.143. The molecular weight excluding hydrogens is 394 g/mol. The van der Waals surface area contributed by atoms with Crippen LogP contribution in [-0.4, -0.2) is 48.4 Å². The van der Waals surface area contributed by atoms with Gasteiger partial charge < -0.3 is 14.2 Å². The fourth-order valence-electron chi connectivity index (χ4n) is 2.77. The lowest BCUT2D eigenvalue weighted by atomic mass is 10.0. The van der Waals surface area contributed by atoms with Crippen molar-refractivity contribution in [2.24, 2.45) is 0 Å². The third-order valence-electron chi connectivity index (χ3n) is 4.02. The molecule has 0 aliphatic carbocycles. The summed E-state index contributed by atoms with van der Waals surface area (Å²) >= 11 is 0.910. The van der Waals surface area contributed by atoms with Gasteiger partial charge in [0, 0.05) is 11.6 Å². The molecule has 0 atom stereocenters. The van der Waals surface area contributed by atoms with E-state index in [0.29, 0.717) is 35.0 Å². The molecule has 0 radical (unpaired) electrons. The molecule has 2 amide bonds. The number of carbonyl (C=O) groups excluding carboxylic acids is 3. The largest absolute Gasteiger partial charge is 0.490 e. The van der Waals surface area contributed by atoms with Crippen LogP contribution >= 0.6 is 11.8 Å². The van der Waals surface area contributed by atoms with E-state index in [0.717, 1.165) is 17.3 Å². The average molecular weight is 419 g/mol. The van der Waals surface area contributed by atoms with Crippen LogP contribution in [0.25, 0.3) is 6.08 Å². The van der Waals surface area contributed by atoms with E-state index in [1.165, 1.54) is 12.0 Å². The van der Waals surface area contributed by atoms with Crippen LogP contribution < -0.4 is 9.47 Å². The van der Waals surface area contributed by atoms with Gasteiger partial charge in [-0.3, -0.25) is 14.5 Å². The Morgan fingerprint density at radius 1 is 1.28 bits per heavy atom. The van der Waals surface area contributed by atoms with Crippen molar-refractivity contribution in [1.82, 2.24) is 4.90 Å². The Balaban J connectivity index is 2.45. The summed E-state index contributed by atoms with van der Waals surface area (Å²) in [7, 11) is 1.28. The van der Waals surface area contributed by atoms with Gasteiger partial charge in [0.25, 0.3) is 11.1 Å². The quantitative estimate of drug-likeness (QED) is 0.342. The van der Waals surface area contributed by atoms with Gasteiger partial charge in [0.2, 0.25) is 0 Å². The van der Waals surface area contributed by atoms with Crippen molar-refractivity contribution in [3.8, 4) is 11.5 Å². The molecule has 1 aromatic carbocycles. The van der Waals surface area contributed by atoms with Crippen LogP contribution in [0.4, 0.5) is 4.79 Å². The molecule has 0 spiro atoms. The number of thioether (sulfide) groups is 1. The number of methoxy groups -OCH3 is 1. The van der Waals surface area contributed by atoms with E-state index in [1.807, 2.05) is 13.0 Å². The van der Waals surface area contributed by atoms with Gasteiger partial charge >= 0.3 is 5.97 Å². The summed E-state index contributed by atoms with van der Waals surface area (Å²) in [5, 5.41) is -0.286. The van der Waals surface area contributed by atoms with Crippen molar-refractivity contribution in [2.45, 2.75) is 33.2 Å². The maximum atomic E-state index is 12.6. The van der Waals surface area contributed by atoms with Crippen molar-refractivity contribution in [3.05, 3.63) is 40.8 Å². The van der Waals surface area contributed by atoms with E-state index in [9.17, 15) is 14.4 Å². The Labute approximate surface area is 174 Å². The second-order valence-electron chi connectivity index (χ2n) is 6.44. The van der Waals surface area contributed by atoms with E-state index in [1.54, 1.807) is 32.1 Å². The number of esters is 1. The van der Waals surface area contributed by atoms with Gasteiger partial charge in [0.05, 0.1) is 18.6 Å². The fraction of sp³-hybridized carbons (Fsp3) is 0.381. The summed E-state index contributed by atoms with van der Waals surface area (Å²) in [5.41, 5.74) is 1.43. The zero-order chi connectivity index (χ0) is 21.6. The highest BCUT2D eigenvalue weighted by atomic mass is 32.2. The normalized spacial score (nSPS) is 15.2. The molecule has 1 saturated heterocycles. The molecule has 0 bridgehead atoms. The van der Waals surface area contributed by atoms with E-state index in [2.05, 4.69) is 11.3 Å². The lowest BCUT2D eigenvalue weighted by Crippen LogP contribution is -2.34. The van der Waals surface area contributed by atoms with Crippen LogP contribution in [-0.2, 0) is 20.7 Å². The summed E-state index contributed by atoms with van der Waals surface area (Å²) < 4.78 is 16.0. The van der Waals surface area contributed by atoms with E-state index in [-0.39, 0.29) is 23.8 Å². The Bertz CT molecular complexity index is 846. The topological polar surface area (TPSA) is 82.1 Å². The van der Waals surface area contributed by atoms with Gasteiger partial charge in [-0.25, -0.2) is 4.79 Å². The maximum Gasteiger partial charge on any atom is 0.343 e. The summed E-state index contributed by atoms with van der Waals surface area (Å²) in [6.07, 6.45) is 3.82. The van der Waals surface area contributed by atoms with Gasteiger partial charge in [0.1, 0.15) is 0 Å². The van der Waals surface area contributed by atoms with Crippen molar-refractivity contribution in [3.63, 3.8) is 0 Å². The first kappa shape index (κ1) is 22.5. The van der Waals surface area contributed by atoms with Gasteiger partial charge in [-0.1, -0.05) is 6.08 Å². The maximum absolute atomic E-state index is 12.6. The van der Waals surface area contributed by atoms with Crippen LogP contribution in [0.5, 0.6) is 11.5 Å². The standard InChI is InChI=1S/C21H25NO6S/c1-6-8-15-9-14(11-17-20(24)22(13(3)4)21(25)29-17)10-16(27-7-2)19(15)28-12-18(23)26-5/h6,9-11,13H,1,7-8,12H2,2-5H3/b17-11+. The van der Waals surface area contributed by atoms with Crippen molar-refractivity contribution < 1.29 is 28.6 Å². The Kier molecular flexibility index (Phi) is 7.90. The Morgan fingerprint density at radius 3 is 2.55 bits per heavy atom. The number of hydrogen-bond acceptors (Lipinski definition) is 7. The van der Waals surface area contributed by atoms with E-state index < -0.39 is 5.97 Å². The number of allylic oxidation sites excluding steroid dienone is 1. The minimum Gasteiger partial charge on any atom is -0.490 e. The SMILES string of the molecule is C=CCc1cc(/C=C2/SC(=O)N(C(C)C)C2=O)cc(OCC)c1OCC(=O)OC. The minimum atomic E-state index is -0.511. The highest BCUT2D eigenvalue weighted by Gasteiger charge is 2.36. The predicted molar refractivity (Wildman–Crippen MR) is 112 cm³/mol. The zero-order valence-corrected chi connectivity index (χ0v) is 17.8. The first-order chi connectivity index (χ1) is 13.8. The number of ether oxygens (including phenoxy) is 3. The van der Waals surface area contributed by atoms with Crippen molar-refractivity contribution in [1.29, 1.82) is 0 Å². The molecule has 8 heteroatoms. The lowest BCUT2D eigenvalue weighted by Gasteiger charge is -2.17. The van der Waals surface area contributed by atoms with E-state index >= 15 is 0 Å². The number of carbonyl (C=O) groups is 3. The molecule has 1 heterocycles. The molecule has 1 fully saturated rings. The monoisotopic (exact) mass is 419 g/mol. The van der Waals surface area contributed by atoms with Gasteiger partial charge in [-0.05, 0) is 62.7 Å². The van der Waals surface area contributed by atoms with Gasteiger partial charge in [-0.15, -0.1) is 6.58 Å². The number of benzene rings is 1. The molecule has 0 aromatic heterocycles. The Hall–Kier alpha value is -2.74. The van der Waals surface area contributed by atoms with Crippen LogP contribution in [0.3, 0.4) is 0 Å². The third kappa shape index (κ3) is 5.41. The molecule has 1 aliphatic rings. The zero-order valence-electron chi connectivity index (χ0n) is 17.0. The summed E-state index contributed by atoms with van der Waals surface area (Å²) in [4.78, 5) is 37.7. The molecule has 0 saturated carbocycles. The van der Waals surface area contributed by atoms with Crippen molar-refractivity contribution >= 4 is 35.0 Å².